The van der Waals surface area contributed by atoms with Crippen molar-refractivity contribution in [3.63, 3.8) is 0 Å². The Balaban J connectivity index is 1.98. The maximum absolute atomic E-state index is 6.05. The van der Waals surface area contributed by atoms with Crippen LogP contribution in [0.1, 0.15) is 23.1 Å². The molecule has 0 aliphatic carbocycles. The zero-order chi connectivity index (χ0) is 15.1. The second-order valence-electron chi connectivity index (χ2n) is 5.73. The van der Waals surface area contributed by atoms with E-state index in [-0.39, 0.29) is 0 Å². The predicted octanol–water partition coefficient (Wildman–Crippen LogP) is 4.07. The zero-order valence-electron chi connectivity index (χ0n) is 13.3. The molecular formula is C19H25NO. The molecule has 0 amide bonds. The topological polar surface area (TPSA) is 12.5 Å². The molecule has 0 heterocycles. The van der Waals surface area contributed by atoms with Gasteiger partial charge in [0, 0.05) is 0 Å². The SMILES string of the molecule is Cc1ccccc1COc1ccccc1CCCN(C)C. The molecule has 0 bridgehead atoms. The van der Waals surface area contributed by atoms with Crippen molar-refractivity contribution in [2.24, 2.45) is 0 Å². The summed E-state index contributed by atoms with van der Waals surface area (Å²) in [7, 11) is 4.22. The quantitative estimate of drug-likeness (QED) is 0.759. The van der Waals surface area contributed by atoms with Gasteiger partial charge in [0.1, 0.15) is 12.4 Å². The van der Waals surface area contributed by atoms with Crippen LogP contribution in [0.3, 0.4) is 0 Å². The summed E-state index contributed by atoms with van der Waals surface area (Å²) >= 11 is 0. The van der Waals surface area contributed by atoms with Crippen LogP contribution >= 0.6 is 0 Å². The van der Waals surface area contributed by atoms with Crippen molar-refractivity contribution in [2.45, 2.75) is 26.4 Å². The summed E-state index contributed by atoms with van der Waals surface area (Å²) in [5.41, 5.74) is 3.83. The van der Waals surface area contributed by atoms with Gasteiger partial charge in [0.2, 0.25) is 0 Å². The normalized spacial score (nSPS) is 10.9. The molecular weight excluding hydrogens is 258 g/mol. The van der Waals surface area contributed by atoms with E-state index < -0.39 is 0 Å². The van der Waals surface area contributed by atoms with Crippen LogP contribution in [0, 0.1) is 6.92 Å². The smallest absolute Gasteiger partial charge is 0.122 e. The van der Waals surface area contributed by atoms with Gasteiger partial charge in [0.05, 0.1) is 0 Å². The minimum atomic E-state index is 0.636. The number of nitrogens with zero attached hydrogens (tertiary/aromatic N) is 1. The molecule has 0 aromatic heterocycles. The van der Waals surface area contributed by atoms with Gasteiger partial charge < -0.3 is 9.64 Å². The summed E-state index contributed by atoms with van der Waals surface area (Å²) in [5, 5.41) is 0. The molecule has 0 saturated carbocycles. The minimum Gasteiger partial charge on any atom is -0.489 e. The van der Waals surface area contributed by atoms with Gasteiger partial charge in [0.25, 0.3) is 0 Å². The van der Waals surface area contributed by atoms with Crippen molar-refractivity contribution in [2.75, 3.05) is 20.6 Å². The van der Waals surface area contributed by atoms with Crippen molar-refractivity contribution >= 4 is 0 Å². The third-order valence-corrected chi connectivity index (χ3v) is 3.67. The van der Waals surface area contributed by atoms with Crippen LogP contribution in [0.4, 0.5) is 0 Å². The number of ether oxygens (including phenoxy) is 1. The van der Waals surface area contributed by atoms with Crippen molar-refractivity contribution in [1.82, 2.24) is 4.90 Å². The average Bonchev–Trinajstić information content (AvgIpc) is 2.47. The van der Waals surface area contributed by atoms with Gasteiger partial charge in [-0.05, 0) is 63.2 Å². The summed E-state index contributed by atoms with van der Waals surface area (Å²) < 4.78 is 6.05. The Hall–Kier alpha value is -1.80. The van der Waals surface area contributed by atoms with Gasteiger partial charge >= 0.3 is 0 Å². The van der Waals surface area contributed by atoms with E-state index in [0.29, 0.717) is 6.61 Å². The summed E-state index contributed by atoms with van der Waals surface area (Å²) in [6, 6.07) is 16.8. The first-order valence-electron chi connectivity index (χ1n) is 7.57. The standard InChI is InChI=1S/C19H25NO/c1-16-9-4-5-11-18(16)15-21-19-13-7-6-10-17(19)12-8-14-20(2)3/h4-7,9-11,13H,8,12,14-15H2,1-3H3. The lowest BCUT2D eigenvalue weighted by Gasteiger charge is -2.14. The van der Waals surface area contributed by atoms with Gasteiger partial charge in [-0.3, -0.25) is 0 Å². The van der Waals surface area contributed by atoms with Crippen molar-refractivity contribution < 1.29 is 4.74 Å². The Morgan fingerprint density at radius 2 is 1.57 bits per heavy atom. The fourth-order valence-corrected chi connectivity index (χ4v) is 2.36. The lowest BCUT2D eigenvalue weighted by atomic mass is 10.1. The molecule has 2 aromatic carbocycles. The molecule has 2 aromatic rings. The summed E-state index contributed by atoms with van der Waals surface area (Å²) in [6.45, 7) is 3.87. The lowest BCUT2D eigenvalue weighted by Crippen LogP contribution is -2.13. The lowest BCUT2D eigenvalue weighted by molar-refractivity contribution is 0.301. The molecule has 112 valence electrons. The van der Waals surface area contributed by atoms with E-state index in [1.54, 1.807) is 0 Å². The Kier molecular flexibility index (Phi) is 5.82. The van der Waals surface area contributed by atoms with Crippen LogP contribution in [-0.4, -0.2) is 25.5 Å². The van der Waals surface area contributed by atoms with Crippen LogP contribution in [0.2, 0.25) is 0 Å². The van der Waals surface area contributed by atoms with E-state index in [0.717, 1.165) is 25.1 Å². The summed E-state index contributed by atoms with van der Waals surface area (Å²) in [4.78, 5) is 2.22. The van der Waals surface area contributed by atoms with Crippen molar-refractivity contribution in [3.8, 4) is 5.75 Å². The van der Waals surface area contributed by atoms with E-state index >= 15 is 0 Å². The third kappa shape index (κ3) is 4.91. The maximum atomic E-state index is 6.05. The second-order valence-corrected chi connectivity index (χ2v) is 5.73. The zero-order valence-corrected chi connectivity index (χ0v) is 13.3. The number of benzene rings is 2. The highest BCUT2D eigenvalue weighted by Crippen LogP contribution is 2.21. The molecule has 0 atom stereocenters. The van der Waals surface area contributed by atoms with Crippen LogP contribution in [-0.2, 0) is 13.0 Å². The van der Waals surface area contributed by atoms with Crippen LogP contribution < -0.4 is 4.74 Å². The highest BCUT2D eigenvalue weighted by molar-refractivity contribution is 5.34. The number of rotatable bonds is 7. The first kappa shape index (κ1) is 15.6. The van der Waals surface area contributed by atoms with Crippen LogP contribution in [0.15, 0.2) is 48.5 Å². The number of hydrogen-bond donors (Lipinski definition) is 0. The molecule has 0 radical (unpaired) electrons. The van der Waals surface area contributed by atoms with E-state index in [2.05, 4.69) is 68.4 Å². The van der Waals surface area contributed by atoms with E-state index in [1.807, 2.05) is 6.07 Å². The molecule has 2 rings (SSSR count). The molecule has 0 aliphatic rings. The van der Waals surface area contributed by atoms with Gasteiger partial charge in [-0.1, -0.05) is 42.5 Å². The highest BCUT2D eigenvalue weighted by Gasteiger charge is 2.05. The minimum absolute atomic E-state index is 0.636. The Bertz CT molecular complexity index is 563. The molecule has 0 saturated heterocycles. The molecule has 2 nitrogen and oxygen atoms in total. The predicted molar refractivity (Wildman–Crippen MR) is 88.8 cm³/mol. The van der Waals surface area contributed by atoms with E-state index in [9.17, 15) is 0 Å². The molecule has 2 heteroatoms. The molecule has 0 unspecified atom stereocenters. The van der Waals surface area contributed by atoms with Gasteiger partial charge in [-0.2, -0.15) is 0 Å². The average molecular weight is 283 g/mol. The molecule has 0 fully saturated rings. The fraction of sp³-hybridized carbons (Fsp3) is 0.368. The summed E-state index contributed by atoms with van der Waals surface area (Å²) in [5.74, 6) is 1.01. The molecule has 0 aliphatic heterocycles. The molecule has 21 heavy (non-hydrogen) atoms. The van der Waals surface area contributed by atoms with Gasteiger partial charge in [-0.25, -0.2) is 0 Å². The number of para-hydroxylation sites is 1. The van der Waals surface area contributed by atoms with Gasteiger partial charge in [0.15, 0.2) is 0 Å². The third-order valence-electron chi connectivity index (χ3n) is 3.67. The molecule has 0 spiro atoms. The summed E-state index contributed by atoms with van der Waals surface area (Å²) in [6.07, 6.45) is 2.21. The molecule has 0 N–H and O–H groups in total. The van der Waals surface area contributed by atoms with Crippen molar-refractivity contribution in [3.05, 3.63) is 65.2 Å². The van der Waals surface area contributed by atoms with Crippen LogP contribution in [0.25, 0.3) is 0 Å². The Labute approximate surface area is 128 Å². The van der Waals surface area contributed by atoms with Crippen LogP contribution in [0.5, 0.6) is 5.75 Å². The monoisotopic (exact) mass is 283 g/mol. The van der Waals surface area contributed by atoms with Gasteiger partial charge in [-0.15, -0.1) is 0 Å². The number of hydrogen-bond acceptors (Lipinski definition) is 2. The van der Waals surface area contributed by atoms with E-state index in [4.69, 9.17) is 4.74 Å². The Morgan fingerprint density at radius 3 is 2.29 bits per heavy atom. The van der Waals surface area contributed by atoms with Crippen molar-refractivity contribution in [1.29, 1.82) is 0 Å². The first-order valence-corrected chi connectivity index (χ1v) is 7.57. The fourth-order valence-electron chi connectivity index (χ4n) is 2.36. The number of aryl methyl sites for hydroxylation is 2. The van der Waals surface area contributed by atoms with E-state index in [1.165, 1.54) is 16.7 Å². The second kappa shape index (κ2) is 7.84. The maximum Gasteiger partial charge on any atom is 0.122 e. The highest BCUT2D eigenvalue weighted by atomic mass is 16.5. The first-order chi connectivity index (χ1) is 10.2. The largest absolute Gasteiger partial charge is 0.489 e. The Morgan fingerprint density at radius 1 is 0.905 bits per heavy atom.